The Morgan fingerprint density at radius 3 is 2.88 bits per heavy atom. The number of pyridine rings is 1. The standard InChI is InChI=1S/C18H21N3O3/c1-24-12-18(11-15(19)22)8-4-10-21(18)17(23)16-14-6-3-2-5-13(14)7-9-20-16/h2-3,5-7,9H,4,8,10-12H2,1H3,(H2,19,22)/t18-/m1/s1. The van der Waals surface area contributed by atoms with Crippen molar-refractivity contribution in [2.24, 2.45) is 5.73 Å². The summed E-state index contributed by atoms with van der Waals surface area (Å²) in [7, 11) is 1.57. The topological polar surface area (TPSA) is 85.5 Å². The van der Waals surface area contributed by atoms with Crippen LogP contribution in [0, 0.1) is 0 Å². The second kappa shape index (κ2) is 6.57. The first-order valence-corrected chi connectivity index (χ1v) is 8.00. The van der Waals surface area contributed by atoms with Gasteiger partial charge in [0.15, 0.2) is 0 Å². The van der Waals surface area contributed by atoms with Crippen molar-refractivity contribution in [3.8, 4) is 0 Å². The summed E-state index contributed by atoms with van der Waals surface area (Å²) in [5, 5.41) is 1.77. The fourth-order valence-electron chi connectivity index (χ4n) is 3.65. The second-order valence-electron chi connectivity index (χ2n) is 6.24. The highest BCUT2D eigenvalue weighted by Gasteiger charge is 2.45. The number of likely N-dealkylation sites (tertiary alicyclic amines) is 1. The highest BCUT2D eigenvalue weighted by atomic mass is 16.5. The molecule has 2 aromatic rings. The predicted octanol–water partition coefficient (Wildman–Crippen LogP) is 1.73. The first kappa shape index (κ1) is 16.4. The Hall–Kier alpha value is -2.47. The largest absolute Gasteiger partial charge is 0.382 e. The van der Waals surface area contributed by atoms with Gasteiger partial charge >= 0.3 is 0 Å². The molecule has 0 unspecified atom stereocenters. The van der Waals surface area contributed by atoms with Crippen LogP contribution in [0.4, 0.5) is 0 Å². The number of benzene rings is 1. The molecule has 6 nitrogen and oxygen atoms in total. The van der Waals surface area contributed by atoms with E-state index in [0.29, 0.717) is 18.7 Å². The molecule has 6 heteroatoms. The third-order valence-corrected chi connectivity index (χ3v) is 4.63. The maximum Gasteiger partial charge on any atom is 0.273 e. The monoisotopic (exact) mass is 327 g/mol. The van der Waals surface area contributed by atoms with Crippen LogP contribution in [0.15, 0.2) is 36.5 Å². The molecule has 2 N–H and O–H groups in total. The summed E-state index contributed by atoms with van der Waals surface area (Å²) in [6.45, 7) is 0.854. The highest BCUT2D eigenvalue weighted by molar-refractivity contribution is 6.05. The Balaban J connectivity index is 2.02. The summed E-state index contributed by atoms with van der Waals surface area (Å²) in [6, 6.07) is 9.52. The van der Waals surface area contributed by atoms with Crippen molar-refractivity contribution < 1.29 is 14.3 Å². The van der Waals surface area contributed by atoms with E-state index in [4.69, 9.17) is 10.5 Å². The molecular weight excluding hydrogens is 306 g/mol. The fourth-order valence-corrected chi connectivity index (χ4v) is 3.65. The van der Waals surface area contributed by atoms with E-state index >= 15 is 0 Å². The zero-order valence-electron chi connectivity index (χ0n) is 13.7. The van der Waals surface area contributed by atoms with Crippen molar-refractivity contribution in [1.82, 2.24) is 9.88 Å². The number of aromatic nitrogens is 1. The Kier molecular flexibility index (Phi) is 4.49. The number of carbonyl (C=O) groups excluding carboxylic acids is 2. The lowest BCUT2D eigenvalue weighted by Crippen LogP contribution is -2.52. The van der Waals surface area contributed by atoms with Gasteiger partial charge in [-0.2, -0.15) is 0 Å². The maximum absolute atomic E-state index is 13.2. The van der Waals surface area contributed by atoms with Crippen LogP contribution in [0.2, 0.25) is 0 Å². The molecule has 1 aliphatic heterocycles. The third-order valence-electron chi connectivity index (χ3n) is 4.63. The smallest absolute Gasteiger partial charge is 0.273 e. The van der Waals surface area contributed by atoms with E-state index < -0.39 is 11.4 Å². The van der Waals surface area contributed by atoms with Crippen molar-refractivity contribution >= 4 is 22.6 Å². The first-order chi connectivity index (χ1) is 11.6. The molecule has 126 valence electrons. The quantitative estimate of drug-likeness (QED) is 0.906. The molecule has 1 aliphatic rings. The molecule has 0 saturated carbocycles. The van der Waals surface area contributed by atoms with Crippen molar-refractivity contribution in [3.05, 3.63) is 42.2 Å². The molecule has 1 aromatic carbocycles. The molecule has 1 fully saturated rings. The van der Waals surface area contributed by atoms with Gasteiger partial charge in [0.2, 0.25) is 5.91 Å². The van der Waals surface area contributed by atoms with Crippen LogP contribution < -0.4 is 5.73 Å². The van der Waals surface area contributed by atoms with Crippen molar-refractivity contribution in [2.75, 3.05) is 20.3 Å². The SMILES string of the molecule is COC[C@]1(CC(N)=O)CCCN1C(=O)c1nccc2ccccc12. The van der Waals surface area contributed by atoms with Gasteiger partial charge < -0.3 is 15.4 Å². The number of hydrogen-bond acceptors (Lipinski definition) is 4. The normalized spacial score (nSPS) is 20.5. The van der Waals surface area contributed by atoms with Gasteiger partial charge in [-0.05, 0) is 24.3 Å². The molecule has 3 rings (SSSR count). The second-order valence-corrected chi connectivity index (χ2v) is 6.24. The van der Waals surface area contributed by atoms with Crippen molar-refractivity contribution in [3.63, 3.8) is 0 Å². The van der Waals surface area contributed by atoms with E-state index in [2.05, 4.69) is 4.98 Å². The zero-order chi connectivity index (χ0) is 17.2. The lowest BCUT2D eigenvalue weighted by molar-refractivity contribution is -0.121. The summed E-state index contributed by atoms with van der Waals surface area (Å²) in [4.78, 5) is 30.8. The molecule has 0 radical (unpaired) electrons. The number of rotatable bonds is 5. The van der Waals surface area contributed by atoms with Gasteiger partial charge in [0.25, 0.3) is 5.91 Å². The van der Waals surface area contributed by atoms with E-state index in [1.54, 1.807) is 18.2 Å². The summed E-state index contributed by atoms with van der Waals surface area (Å²) < 4.78 is 5.31. The lowest BCUT2D eigenvalue weighted by Gasteiger charge is -2.37. The number of nitrogens with two attached hydrogens (primary N) is 1. The number of amides is 2. The molecule has 1 saturated heterocycles. The van der Waals surface area contributed by atoms with E-state index in [-0.39, 0.29) is 18.9 Å². The Labute approximate surface area is 140 Å². The first-order valence-electron chi connectivity index (χ1n) is 8.00. The highest BCUT2D eigenvalue weighted by Crippen LogP contribution is 2.34. The van der Waals surface area contributed by atoms with E-state index in [1.807, 2.05) is 30.3 Å². The third kappa shape index (κ3) is 2.85. The molecule has 0 spiro atoms. The summed E-state index contributed by atoms with van der Waals surface area (Å²) in [5.74, 6) is -0.611. The van der Waals surface area contributed by atoms with Crippen LogP contribution in [0.25, 0.3) is 10.8 Å². The average Bonchev–Trinajstić information content (AvgIpc) is 2.96. The average molecular weight is 327 g/mol. The van der Waals surface area contributed by atoms with Gasteiger partial charge in [-0.25, -0.2) is 0 Å². The Morgan fingerprint density at radius 2 is 2.12 bits per heavy atom. The number of fused-ring (bicyclic) bond motifs is 1. The number of carbonyl (C=O) groups is 2. The fraction of sp³-hybridized carbons (Fsp3) is 0.389. The van der Waals surface area contributed by atoms with Crippen LogP contribution in [0.3, 0.4) is 0 Å². The summed E-state index contributed by atoms with van der Waals surface area (Å²) in [5.41, 5.74) is 5.15. The number of methoxy groups -OCH3 is 1. The van der Waals surface area contributed by atoms with Crippen LogP contribution in [-0.4, -0.2) is 47.5 Å². The van der Waals surface area contributed by atoms with Gasteiger partial charge in [-0.1, -0.05) is 24.3 Å². The van der Waals surface area contributed by atoms with E-state index in [0.717, 1.165) is 17.2 Å². The van der Waals surface area contributed by atoms with Crippen molar-refractivity contribution in [1.29, 1.82) is 0 Å². The Bertz CT molecular complexity index is 772. The molecule has 2 amide bonds. The predicted molar refractivity (Wildman–Crippen MR) is 90.4 cm³/mol. The van der Waals surface area contributed by atoms with Gasteiger partial charge in [0.1, 0.15) is 5.69 Å². The Morgan fingerprint density at radius 1 is 1.33 bits per heavy atom. The van der Waals surface area contributed by atoms with E-state index in [9.17, 15) is 9.59 Å². The molecular formula is C18H21N3O3. The van der Waals surface area contributed by atoms with Gasteiger partial charge in [-0.15, -0.1) is 0 Å². The summed E-state index contributed by atoms with van der Waals surface area (Å²) >= 11 is 0. The molecule has 1 atom stereocenters. The lowest BCUT2D eigenvalue weighted by atomic mass is 9.92. The zero-order valence-corrected chi connectivity index (χ0v) is 13.7. The van der Waals surface area contributed by atoms with Crippen molar-refractivity contribution in [2.45, 2.75) is 24.8 Å². The van der Waals surface area contributed by atoms with Crippen LogP contribution in [0.5, 0.6) is 0 Å². The van der Waals surface area contributed by atoms with Gasteiger partial charge in [0.05, 0.1) is 18.6 Å². The summed E-state index contributed by atoms with van der Waals surface area (Å²) in [6.07, 6.45) is 3.24. The van der Waals surface area contributed by atoms with E-state index in [1.165, 1.54) is 0 Å². The molecule has 2 heterocycles. The number of nitrogens with zero attached hydrogens (tertiary/aromatic N) is 2. The van der Waals surface area contributed by atoms with Crippen LogP contribution in [0.1, 0.15) is 29.8 Å². The van der Waals surface area contributed by atoms with Gasteiger partial charge in [-0.3, -0.25) is 14.6 Å². The molecule has 0 aliphatic carbocycles. The van der Waals surface area contributed by atoms with Crippen LogP contribution >= 0.6 is 0 Å². The van der Waals surface area contributed by atoms with Gasteiger partial charge in [0, 0.05) is 25.2 Å². The maximum atomic E-state index is 13.2. The minimum absolute atomic E-state index is 0.0946. The van der Waals surface area contributed by atoms with Crippen LogP contribution in [-0.2, 0) is 9.53 Å². The molecule has 0 bridgehead atoms. The number of ether oxygens (including phenoxy) is 1. The number of primary amides is 1. The molecule has 1 aromatic heterocycles. The minimum atomic E-state index is -0.684. The minimum Gasteiger partial charge on any atom is -0.382 e. The number of hydrogen-bond donors (Lipinski definition) is 1. The molecule has 24 heavy (non-hydrogen) atoms.